The molecule has 0 aliphatic heterocycles. The molecule has 19 nitrogen and oxygen atoms in total. The number of carboxylic acids is 3. The summed E-state index contributed by atoms with van der Waals surface area (Å²) in [4.78, 5) is 122. The summed E-state index contributed by atoms with van der Waals surface area (Å²) in [5.74, 6) is -11.1. The molecule has 6 amide bonds. The van der Waals surface area contributed by atoms with E-state index in [-0.39, 0.29) is 18.8 Å². The fourth-order valence-corrected chi connectivity index (χ4v) is 7.78. The summed E-state index contributed by atoms with van der Waals surface area (Å²) in [6.45, 7) is 8.12. The number of benzene rings is 3. The number of hydrogen-bond donors (Lipinski definition) is 10. The highest BCUT2D eigenvalue weighted by Crippen LogP contribution is 2.29. The van der Waals surface area contributed by atoms with Crippen LogP contribution in [0.5, 0.6) is 0 Å². The number of aromatic amines is 1. The monoisotopic (exact) mass is 939 g/mol. The lowest BCUT2D eigenvalue weighted by atomic mass is 9.84. The minimum Gasteiger partial charge on any atom is -0.481 e. The Labute approximate surface area is 393 Å². The molecule has 4 aromatic rings. The molecule has 19 heteroatoms. The Morgan fingerprint density at radius 3 is 1.63 bits per heavy atom. The Balaban J connectivity index is 1.57. The summed E-state index contributed by atoms with van der Waals surface area (Å²) < 4.78 is 0. The molecule has 0 fully saturated rings. The van der Waals surface area contributed by atoms with E-state index >= 15 is 0 Å². The van der Waals surface area contributed by atoms with E-state index < -0.39 is 121 Å². The van der Waals surface area contributed by atoms with Gasteiger partial charge in [0.05, 0.1) is 6.42 Å². The fraction of sp³-hybridized carbons (Fsp3) is 0.408. The maximum atomic E-state index is 14.3. The summed E-state index contributed by atoms with van der Waals surface area (Å²) in [5.41, 5.74) is 2.73. The molecule has 0 aliphatic carbocycles. The second kappa shape index (κ2) is 25.4. The second-order valence-electron chi connectivity index (χ2n) is 17.2. The summed E-state index contributed by atoms with van der Waals surface area (Å²) in [6.07, 6.45) is -0.360. The molecule has 0 aliphatic rings. The predicted molar refractivity (Wildman–Crippen MR) is 250 cm³/mol. The van der Waals surface area contributed by atoms with Gasteiger partial charge in [-0.3, -0.25) is 38.4 Å². The molecule has 0 bridgehead atoms. The third-order valence-electron chi connectivity index (χ3n) is 11.4. The van der Waals surface area contributed by atoms with Crippen LogP contribution >= 0.6 is 0 Å². The minimum atomic E-state index is -1.87. The first-order valence-electron chi connectivity index (χ1n) is 22.4. The predicted octanol–water partition coefficient (Wildman–Crippen LogP) is 2.99. The molecule has 4 rings (SSSR count). The van der Waals surface area contributed by atoms with Crippen molar-refractivity contribution in [3.8, 4) is 0 Å². The molecule has 68 heavy (non-hydrogen) atoms. The highest BCUT2D eigenvalue weighted by molar-refractivity contribution is 5.98. The van der Waals surface area contributed by atoms with E-state index in [9.17, 15) is 58.5 Å². The van der Waals surface area contributed by atoms with Crippen LogP contribution in [0.3, 0.4) is 0 Å². The lowest BCUT2D eigenvalue weighted by Gasteiger charge is -2.30. The van der Waals surface area contributed by atoms with Crippen molar-refractivity contribution >= 4 is 64.3 Å². The van der Waals surface area contributed by atoms with Gasteiger partial charge in [0, 0.05) is 42.8 Å². The summed E-state index contributed by atoms with van der Waals surface area (Å²) in [6, 6.07) is 16.1. The normalized spacial score (nSPS) is 14.3. The third-order valence-corrected chi connectivity index (χ3v) is 11.4. The molecule has 0 saturated heterocycles. The Hall–Kier alpha value is -7.57. The summed E-state index contributed by atoms with van der Waals surface area (Å²) in [7, 11) is 0. The quantitative estimate of drug-likeness (QED) is 0.0435. The number of aromatic nitrogens is 1. The molecule has 364 valence electrons. The van der Waals surface area contributed by atoms with Crippen LogP contribution in [0.4, 0.5) is 0 Å². The van der Waals surface area contributed by atoms with E-state index in [1.807, 2.05) is 6.07 Å². The number of carboxylic acid groups (broad SMARTS) is 3. The maximum Gasteiger partial charge on any atom is 0.326 e. The number of nitrogens with one attached hydrogen (secondary N) is 7. The van der Waals surface area contributed by atoms with Crippen LogP contribution in [-0.2, 0) is 49.6 Å². The van der Waals surface area contributed by atoms with Crippen molar-refractivity contribution < 1.29 is 58.5 Å². The van der Waals surface area contributed by atoms with Gasteiger partial charge in [-0.25, -0.2) is 4.79 Å². The zero-order valence-corrected chi connectivity index (χ0v) is 38.6. The van der Waals surface area contributed by atoms with Gasteiger partial charge in [-0.1, -0.05) is 113 Å². The fourth-order valence-electron chi connectivity index (χ4n) is 7.78. The van der Waals surface area contributed by atoms with E-state index in [4.69, 9.17) is 0 Å². The number of para-hydroxylation sites is 1. The van der Waals surface area contributed by atoms with Crippen molar-refractivity contribution in [1.82, 2.24) is 36.9 Å². The highest BCUT2D eigenvalue weighted by atomic mass is 16.4. The lowest BCUT2D eigenvalue weighted by Crippen LogP contribution is -2.60. The zero-order chi connectivity index (χ0) is 50.1. The van der Waals surface area contributed by atoms with Gasteiger partial charge in [0.2, 0.25) is 35.4 Å². The van der Waals surface area contributed by atoms with Crippen LogP contribution in [-0.4, -0.2) is 110 Å². The van der Waals surface area contributed by atoms with Crippen LogP contribution in [0.2, 0.25) is 0 Å². The van der Waals surface area contributed by atoms with Crippen LogP contribution in [0, 0.1) is 11.8 Å². The first-order valence-corrected chi connectivity index (χ1v) is 22.4. The SMILES string of the molecule is CC[C@H](C)[C@H](NC(=O)[C@H](CCC(=O)O)NC(=O)[C@H](CC(=O)O)NC(=O)[C@H](CC(C)C)NC(=O)[C@@H](NC(C)=O)C(c1ccccc1)c1ccccc1)C(=O)N[C@@H](Cc1c[nH]c2ccccc12)C(=O)O. The van der Waals surface area contributed by atoms with Gasteiger partial charge in [-0.2, -0.15) is 0 Å². The second-order valence-corrected chi connectivity index (χ2v) is 17.2. The number of rotatable bonds is 26. The molecule has 7 atom stereocenters. The maximum absolute atomic E-state index is 14.3. The van der Waals surface area contributed by atoms with Crippen LogP contribution in [0.1, 0.15) is 89.3 Å². The molecule has 3 aromatic carbocycles. The molecule has 1 aromatic heterocycles. The van der Waals surface area contributed by atoms with Gasteiger partial charge in [0.15, 0.2) is 0 Å². The number of carbonyl (C=O) groups excluding carboxylic acids is 6. The molecule has 0 saturated carbocycles. The Morgan fingerprint density at radius 2 is 1.09 bits per heavy atom. The third kappa shape index (κ3) is 15.5. The largest absolute Gasteiger partial charge is 0.481 e. The zero-order valence-electron chi connectivity index (χ0n) is 38.6. The first-order chi connectivity index (χ1) is 32.3. The van der Waals surface area contributed by atoms with Gasteiger partial charge in [0.1, 0.15) is 36.3 Å². The average molecular weight is 940 g/mol. The Bertz CT molecular complexity index is 2370. The molecular formula is C49H61N7O12. The van der Waals surface area contributed by atoms with Crippen molar-refractivity contribution in [2.75, 3.05) is 0 Å². The number of fused-ring (bicyclic) bond motifs is 1. The molecule has 0 spiro atoms. The van der Waals surface area contributed by atoms with Crippen LogP contribution in [0.15, 0.2) is 91.1 Å². The summed E-state index contributed by atoms with van der Waals surface area (Å²) in [5, 5.41) is 45.4. The van der Waals surface area contributed by atoms with E-state index in [1.165, 1.54) is 6.92 Å². The van der Waals surface area contributed by atoms with Gasteiger partial charge >= 0.3 is 17.9 Å². The van der Waals surface area contributed by atoms with Crippen molar-refractivity contribution in [1.29, 1.82) is 0 Å². The number of amides is 6. The number of hydrogen-bond acceptors (Lipinski definition) is 9. The van der Waals surface area contributed by atoms with Crippen molar-refractivity contribution in [3.63, 3.8) is 0 Å². The summed E-state index contributed by atoms with van der Waals surface area (Å²) >= 11 is 0. The van der Waals surface area contributed by atoms with Crippen molar-refractivity contribution in [2.24, 2.45) is 11.8 Å². The topological polar surface area (TPSA) is 302 Å². The van der Waals surface area contributed by atoms with Crippen LogP contribution < -0.4 is 31.9 Å². The molecule has 0 unspecified atom stereocenters. The van der Waals surface area contributed by atoms with E-state index in [0.717, 1.165) is 10.9 Å². The van der Waals surface area contributed by atoms with E-state index in [2.05, 4.69) is 36.9 Å². The van der Waals surface area contributed by atoms with E-state index in [1.54, 1.807) is 113 Å². The smallest absolute Gasteiger partial charge is 0.326 e. The lowest BCUT2D eigenvalue weighted by molar-refractivity contribution is -0.142. The highest BCUT2D eigenvalue weighted by Gasteiger charge is 2.37. The van der Waals surface area contributed by atoms with E-state index in [0.29, 0.717) is 23.1 Å². The Kier molecular flexibility index (Phi) is 19.8. The van der Waals surface area contributed by atoms with Crippen LogP contribution in [0.25, 0.3) is 10.9 Å². The van der Waals surface area contributed by atoms with Gasteiger partial charge in [-0.15, -0.1) is 0 Å². The minimum absolute atomic E-state index is 0.000338. The first kappa shape index (κ1) is 53.0. The van der Waals surface area contributed by atoms with Crippen molar-refractivity contribution in [2.45, 2.75) is 115 Å². The Morgan fingerprint density at radius 1 is 0.574 bits per heavy atom. The number of aliphatic carboxylic acids is 3. The van der Waals surface area contributed by atoms with Crippen molar-refractivity contribution in [3.05, 3.63) is 108 Å². The number of carbonyl (C=O) groups is 9. The number of H-pyrrole nitrogens is 1. The average Bonchev–Trinajstić information content (AvgIpc) is 3.70. The standard InChI is InChI=1S/C49H61N7O12/c1-6-28(4)42(47(65)55-38(49(67)68)24-32-26-50-34-20-14-13-19-33(32)34)56-44(62)35(21-22-39(58)59)52-46(64)37(25-40(60)61)53-45(63)36(23-27(2)3)54-48(66)43(51-29(5)57)41(30-15-9-7-10-16-30)31-17-11-8-12-18-31/h7-20,26-28,35-38,41-43,50H,6,21-25H2,1-5H3,(H,51,57)(H,52,64)(H,53,63)(H,54,66)(H,55,65)(H,56,62)(H,58,59)(H,60,61)(H,67,68)/t28-,35-,36-,37-,38-,42-,43-/m0/s1. The molecular weight excluding hydrogens is 879 g/mol. The molecule has 10 N–H and O–H groups in total. The molecule has 0 radical (unpaired) electrons. The molecule has 1 heterocycles. The van der Waals surface area contributed by atoms with Gasteiger partial charge in [0.25, 0.3) is 0 Å². The van der Waals surface area contributed by atoms with Gasteiger partial charge < -0.3 is 52.2 Å². The van der Waals surface area contributed by atoms with Gasteiger partial charge in [-0.05, 0) is 47.4 Å².